The van der Waals surface area contributed by atoms with E-state index in [2.05, 4.69) is 4.98 Å². The molecular formula is C19H15Cl2FN2O3S. The van der Waals surface area contributed by atoms with E-state index in [1.54, 1.807) is 28.8 Å². The summed E-state index contributed by atoms with van der Waals surface area (Å²) in [4.78, 5) is 16.4. The molecule has 146 valence electrons. The number of carbonyl (C=O) groups is 1. The Kier molecular flexibility index (Phi) is 5.88. The van der Waals surface area contributed by atoms with Crippen molar-refractivity contribution in [1.82, 2.24) is 9.55 Å². The summed E-state index contributed by atoms with van der Waals surface area (Å²) in [5.41, 5.74) is 1.74. The summed E-state index contributed by atoms with van der Waals surface area (Å²) in [6, 6.07) is 9.32. The van der Waals surface area contributed by atoms with Gasteiger partial charge < -0.3 is 4.57 Å². The molecule has 0 N–H and O–H groups in total. The van der Waals surface area contributed by atoms with Crippen LogP contribution in [0.3, 0.4) is 0 Å². The van der Waals surface area contributed by atoms with Gasteiger partial charge in [-0.2, -0.15) is 0 Å². The summed E-state index contributed by atoms with van der Waals surface area (Å²) in [7, 11) is -3.52. The minimum Gasteiger partial charge on any atom is -0.333 e. The number of benzene rings is 1. The van der Waals surface area contributed by atoms with Gasteiger partial charge in [-0.1, -0.05) is 23.2 Å². The van der Waals surface area contributed by atoms with Gasteiger partial charge in [0.1, 0.15) is 11.6 Å². The number of pyridine rings is 1. The molecule has 3 rings (SSSR count). The van der Waals surface area contributed by atoms with Crippen molar-refractivity contribution in [2.45, 2.75) is 6.54 Å². The molecule has 28 heavy (non-hydrogen) atoms. The summed E-state index contributed by atoms with van der Waals surface area (Å²) >= 11 is 12.3. The number of hydrogen-bond donors (Lipinski definition) is 0. The zero-order valence-corrected chi connectivity index (χ0v) is 17.0. The molecule has 0 unspecified atom stereocenters. The van der Waals surface area contributed by atoms with Crippen molar-refractivity contribution >= 4 is 38.8 Å². The molecule has 0 bridgehead atoms. The number of halogens is 3. The summed E-state index contributed by atoms with van der Waals surface area (Å²) in [6.07, 6.45) is 3.52. The maximum atomic E-state index is 13.7. The summed E-state index contributed by atoms with van der Waals surface area (Å²) in [5.74, 6) is -1.74. The van der Waals surface area contributed by atoms with E-state index >= 15 is 0 Å². The minimum absolute atomic E-state index is 0.142. The fourth-order valence-electron chi connectivity index (χ4n) is 2.83. The molecule has 2 heterocycles. The molecule has 5 nitrogen and oxygen atoms in total. The maximum absolute atomic E-state index is 13.7. The molecule has 0 aliphatic heterocycles. The fourth-order valence-corrected chi connectivity index (χ4v) is 3.83. The van der Waals surface area contributed by atoms with Gasteiger partial charge in [-0.05, 0) is 42.0 Å². The highest BCUT2D eigenvalue weighted by Gasteiger charge is 2.21. The lowest BCUT2D eigenvalue weighted by Crippen LogP contribution is -2.19. The summed E-state index contributed by atoms with van der Waals surface area (Å²) in [6.45, 7) is 0.142. The molecule has 0 aliphatic carbocycles. The Morgan fingerprint density at radius 1 is 1.14 bits per heavy atom. The molecule has 0 amide bonds. The second-order valence-electron chi connectivity index (χ2n) is 6.31. The van der Waals surface area contributed by atoms with Crippen LogP contribution >= 0.6 is 23.2 Å². The van der Waals surface area contributed by atoms with Crippen LogP contribution < -0.4 is 0 Å². The molecule has 0 radical (unpaired) electrons. The molecule has 1 aromatic carbocycles. The van der Waals surface area contributed by atoms with Gasteiger partial charge in [-0.25, -0.2) is 12.8 Å². The van der Waals surface area contributed by atoms with E-state index < -0.39 is 27.2 Å². The number of aromatic nitrogens is 2. The fraction of sp³-hybridized carbons (Fsp3) is 0.158. The second kappa shape index (κ2) is 8.03. The molecular weight excluding hydrogens is 426 g/mol. The number of rotatable bonds is 6. The molecule has 0 saturated heterocycles. The number of Topliss-reactive ketones (excluding diaryl/α,β-unsaturated/α-hetero) is 1. The first-order valence-electron chi connectivity index (χ1n) is 8.09. The second-order valence-corrected chi connectivity index (χ2v) is 9.29. The average Bonchev–Trinajstić information content (AvgIpc) is 3.00. The molecule has 9 heteroatoms. The third kappa shape index (κ3) is 4.79. The van der Waals surface area contributed by atoms with Crippen LogP contribution in [-0.2, 0) is 16.4 Å². The molecule has 0 aliphatic rings. The molecule has 0 atom stereocenters. The predicted octanol–water partition coefficient (Wildman–Crippen LogP) is 4.27. The zero-order valence-electron chi connectivity index (χ0n) is 14.7. The van der Waals surface area contributed by atoms with Gasteiger partial charge >= 0.3 is 0 Å². The van der Waals surface area contributed by atoms with Crippen molar-refractivity contribution < 1.29 is 17.6 Å². The number of sulfone groups is 1. The first kappa shape index (κ1) is 20.5. The number of ketones is 1. The topological polar surface area (TPSA) is 69.0 Å². The van der Waals surface area contributed by atoms with Crippen LogP contribution in [0.5, 0.6) is 0 Å². The lowest BCUT2D eigenvalue weighted by atomic mass is 10.2. The van der Waals surface area contributed by atoms with Crippen LogP contribution in [0, 0.1) is 5.82 Å². The van der Waals surface area contributed by atoms with Gasteiger partial charge in [0.05, 0.1) is 17.6 Å². The van der Waals surface area contributed by atoms with Gasteiger partial charge in [-0.15, -0.1) is 0 Å². The molecule has 0 saturated carbocycles. The number of hydrogen-bond acceptors (Lipinski definition) is 4. The van der Waals surface area contributed by atoms with E-state index in [0.29, 0.717) is 26.9 Å². The quantitative estimate of drug-likeness (QED) is 0.536. The van der Waals surface area contributed by atoms with Crippen molar-refractivity contribution in [3.63, 3.8) is 0 Å². The average molecular weight is 441 g/mol. The lowest BCUT2D eigenvalue weighted by molar-refractivity contribution is 0.101. The Morgan fingerprint density at radius 2 is 1.89 bits per heavy atom. The maximum Gasteiger partial charge on any atom is 0.194 e. The number of carbonyl (C=O) groups excluding carboxylic acids is 1. The van der Waals surface area contributed by atoms with E-state index in [0.717, 1.165) is 12.5 Å². The van der Waals surface area contributed by atoms with E-state index in [-0.39, 0.29) is 12.2 Å². The third-order valence-corrected chi connectivity index (χ3v) is 5.39. The van der Waals surface area contributed by atoms with E-state index in [1.165, 1.54) is 18.3 Å². The largest absolute Gasteiger partial charge is 0.333 e. The highest BCUT2D eigenvalue weighted by atomic mass is 35.5. The monoisotopic (exact) mass is 440 g/mol. The Balaban J connectivity index is 2.13. The van der Waals surface area contributed by atoms with Crippen LogP contribution in [0.25, 0.3) is 11.3 Å². The zero-order chi connectivity index (χ0) is 20.5. The summed E-state index contributed by atoms with van der Waals surface area (Å²) in [5, 5.41) is 0.896. The van der Waals surface area contributed by atoms with Gasteiger partial charge in [0.2, 0.25) is 0 Å². The van der Waals surface area contributed by atoms with Gasteiger partial charge in [0.25, 0.3) is 0 Å². The first-order valence-corrected chi connectivity index (χ1v) is 10.9. The van der Waals surface area contributed by atoms with Gasteiger partial charge in [-0.3, -0.25) is 9.78 Å². The van der Waals surface area contributed by atoms with E-state index in [9.17, 15) is 17.6 Å². The van der Waals surface area contributed by atoms with Crippen molar-refractivity contribution in [1.29, 1.82) is 0 Å². The normalized spacial score (nSPS) is 11.6. The Morgan fingerprint density at radius 3 is 2.57 bits per heavy atom. The Bertz CT molecular complexity index is 1160. The van der Waals surface area contributed by atoms with Crippen molar-refractivity contribution in [3.8, 4) is 11.3 Å². The van der Waals surface area contributed by atoms with Crippen LogP contribution in [0.1, 0.15) is 16.1 Å². The predicted molar refractivity (Wildman–Crippen MR) is 107 cm³/mol. The van der Waals surface area contributed by atoms with Crippen LogP contribution in [0.4, 0.5) is 4.39 Å². The smallest absolute Gasteiger partial charge is 0.194 e. The lowest BCUT2D eigenvalue weighted by Gasteiger charge is -2.14. The highest BCUT2D eigenvalue weighted by molar-refractivity contribution is 7.91. The first-order chi connectivity index (χ1) is 13.1. The summed E-state index contributed by atoms with van der Waals surface area (Å²) < 4.78 is 38.4. The van der Waals surface area contributed by atoms with Crippen LogP contribution in [-0.4, -0.2) is 35.8 Å². The highest BCUT2D eigenvalue weighted by Crippen LogP contribution is 2.28. The Labute approximate surface area is 171 Å². The van der Waals surface area contributed by atoms with Crippen LogP contribution in [0.2, 0.25) is 10.0 Å². The molecule has 0 fully saturated rings. The van der Waals surface area contributed by atoms with E-state index in [1.807, 2.05) is 0 Å². The molecule has 2 aromatic heterocycles. The standard InChI is InChI=1S/C19H15Cl2FN2O3S/c1-28(26,27)11-19(25)18-5-4-17(12-7-15(22)9-23-8-12)24(18)10-13-6-14(20)2-3-16(13)21/h2-9H,10-11H2,1H3. The molecule has 0 spiro atoms. The number of nitrogens with zero attached hydrogens (tertiary/aromatic N) is 2. The van der Waals surface area contributed by atoms with Gasteiger partial charge in [0.15, 0.2) is 15.6 Å². The van der Waals surface area contributed by atoms with Crippen molar-refractivity contribution in [2.75, 3.05) is 12.0 Å². The third-order valence-electron chi connectivity index (χ3n) is 4.00. The van der Waals surface area contributed by atoms with Crippen LogP contribution in [0.15, 0.2) is 48.8 Å². The van der Waals surface area contributed by atoms with Crippen molar-refractivity contribution in [2.24, 2.45) is 0 Å². The SMILES string of the molecule is CS(=O)(=O)CC(=O)c1ccc(-c2cncc(F)c2)n1Cc1cc(Cl)ccc1Cl. The Hall–Kier alpha value is -2.22. The van der Waals surface area contributed by atoms with E-state index in [4.69, 9.17) is 23.2 Å². The van der Waals surface area contributed by atoms with Crippen molar-refractivity contribution in [3.05, 3.63) is 75.9 Å². The van der Waals surface area contributed by atoms with Gasteiger partial charge in [0, 0.05) is 34.6 Å². The minimum atomic E-state index is -3.52. The molecule has 3 aromatic rings.